The summed E-state index contributed by atoms with van der Waals surface area (Å²) in [4.78, 5) is 0. The number of alkyl halides is 5. The first-order chi connectivity index (χ1) is 13.3. The zero-order valence-corrected chi connectivity index (χ0v) is 17.3. The summed E-state index contributed by atoms with van der Waals surface area (Å²) < 4.78 is 74.3. The third kappa shape index (κ3) is 6.28. The molecule has 1 atom stereocenters. The summed E-state index contributed by atoms with van der Waals surface area (Å²) in [6, 6.07) is 6.54. The molecule has 1 aromatic rings. The second-order valence-electron chi connectivity index (χ2n) is 9.03. The van der Waals surface area contributed by atoms with Crippen LogP contribution in [0, 0.1) is 5.41 Å². The van der Waals surface area contributed by atoms with Crippen LogP contribution in [0.25, 0.3) is 0 Å². The van der Waals surface area contributed by atoms with Crippen molar-refractivity contribution in [1.29, 1.82) is 0 Å². The molecule has 8 heteroatoms. The number of halogens is 5. The first-order valence-corrected chi connectivity index (χ1v) is 9.73. The average Bonchev–Trinajstić information content (AvgIpc) is 2.57. The van der Waals surface area contributed by atoms with Gasteiger partial charge in [0.25, 0.3) is 0 Å². The Kier molecular flexibility index (Phi) is 7.21. The lowest BCUT2D eigenvalue weighted by Gasteiger charge is -2.46. The number of ether oxygens (including phenoxy) is 2. The monoisotopic (exact) mass is 423 g/mol. The summed E-state index contributed by atoms with van der Waals surface area (Å²) in [6.07, 6.45) is -2.28. The van der Waals surface area contributed by atoms with Crippen LogP contribution in [-0.4, -0.2) is 38.1 Å². The lowest BCUT2D eigenvalue weighted by atomic mass is 9.67. The van der Waals surface area contributed by atoms with Crippen molar-refractivity contribution in [3.63, 3.8) is 0 Å². The number of hydrogen-bond acceptors (Lipinski definition) is 3. The molecule has 1 aromatic carbocycles. The van der Waals surface area contributed by atoms with E-state index in [1.807, 2.05) is 13.8 Å². The lowest BCUT2D eigenvalue weighted by Crippen LogP contribution is -2.46. The van der Waals surface area contributed by atoms with Gasteiger partial charge in [-0.05, 0) is 71.2 Å². The molecular formula is C21H30F5NO2. The Labute approximate surface area is 169 Å². The van der Waals surface area contributed by atoms with Gasteiger partial charge in [0.05, 0.1) is 11.0 Å². The maximum absolute atomic E-state index is 13.1. The molecule has 29 heavy (non-hydrogen) atoms. The maximum Gasteiger partial charge on any atom is 0.395 e. The van der Waals surface area contributed by atoms with E-state index < -0.39 is 18.2 Å². The van der Waals surface area contributed by atoms with Gasteiger partial charge >= 0.3 is 12.8 Å². The molecule has 0 amide bonds. The summed E-state index contributed by atoms with van der Waals surface area (Å²) in [6.45, 7) is 4.18. The summed E-state index contributed by atoms with van der Waals surface area (Å²) in [7, 11) is 0. The van der Waals surface area contributed by atoms with Crippen molar-refractivity contribution in [3.05, 3.63) is 29.8 Å². The summed E-state index contributed by atoms with van der Waals surface area (Å²) in [5.41, 5.74) is -1.57. The van der Waals surface area contributed by atoms with Gasteiger partial charge in [-0.1, -0.05) is 12.1 Å². The highest BCUT2D eigenvalue weighted by Gasteiger charge is 2.47. The van der Waals surface area contributed by atoms with Gasteiger partial charge in [-0.2, -0.15) is 22.0 Å². The molecule has 3 nitrogen and oxygen atoms in total. The Balaban J connectivity index is 2.13. The van der Waals surface area contributed by atoms with Crippen molar-refractivity contribution in [1.82, 2.24) is 5.32 Å². The molecule has 0 bridgehead atoms. The highest BCUT2D eigenvalue weighted by molar-refractivity contribution is 5.33. The van der Waals surface area contributed by atoms with E-state index in [4.69, 9.17) is 4.74 Å². The van der Waals surface area contributed by atoms with E-state index in [-0.39, 0.29) is 23.3 Å². The largest absolute Gasteiger partial charge is 0.435 e. The number of rotatable bonds is 8. The SMILES string of the molecule is CC1(C)C[C@](CCNCC(C)(C)C(F)(F)F)(c2ccc(OC(F)F)cc2)CCO1. The fourth-order valence-corrected chi connectivity index (χ4v) is 3.90. The summed E-state index contributed by atoms with van der Waals surface area (Å²) in [5, 5.41) is 2.95. The average molecular weight is 423 g/mol. The van der Waals surface area contributed by atoms with E-state index in [0.717, 1.165) is 5.56 Å². The van der Waals surface area contributed by atoms with Gasteiger partial charge in [0.1, 0.15) is 5.75 Å². The van der Waals surface area contributed by atoms with Gasteiger partial charge in [0.2, 0.25) is 0 Å². The molecule has 1 N–H and O–H groups in total. The Morgan fingerprint density at radius 1 is 1.14 bits per heavy atom. The van der Waals surface area contributed by atoms with Crippen molar-refractivity contribution in [2.75, 3.05) is 19.7 Å². The number of hydrogen-bond donors (Lipinski definition) is 1. The van der Waals surface area contributed by atoms with E-state index in [9.17, 15) is 22.0 Å². The van der Waals surface area contributed by atoms with E-state index in [2.05, 4.69) is 10.1 Å². The van der Waals surface area contributed by atoms with Gasteiger partial charge in [0, 0.05) is 18.6 Å². The zero-order valence-electron chi connectivity index (χ0n) is 17.3. The zero-order chi connectivity index (χ0) is 21.9. The van der Waals surface area contributed by atoms with Gasteiger partial charge in [-0.25, -0.2) is 0 Å². The number of nitrogens with one attached hydrogen (secondary N) is 1. The molecule has 1 saturated heterocycles. The molecule has 1 fully saturated rings. The molecule has 0 aliphatic carbocycles. The maximum atomic E-state index is 13.1. The van der Waals surface area contributed by atoms with Gasteiger partial charge in [-0.15, -0.1) is 0 Å². The normalized spacial score (nSPS) is 22.7. The highest BCUT2D eigenvalue weighted by atomic mass is 19.4. The minimum absolute atomic E-state index is 0.0790. The molecule has 0 saturated carbocycles. The Bertz CT molecular complexity index is 658. The van der Waals surface area contributed by atoms with Crippen LogP contribution in [0.1, 0.15) is 52.5 Å². The molecular weight excluding hydrogens is 393 g/mol. The first-order valence-electron chi connectivity index (χ1n) is 9.73. The van der Waals surface area contributed by atoms with Crippen LogP contribution in [-0.2, 0) is 10.2 Å². The van der Waals surface area contributed by atoms with Crippen LogP contribution < -0.4 is 10.1 Å². The van der Waals surface area contributed by atoms with E-state index in [0.29, 0.717) is 32.4 Å². The van der Waals surface area contributed by atoms with Crippen molar-refractivity contribution in [3.8, 4) is 5.75 Å². The minimum atomic E-state index is -4.28. The Hall–Kier alpha value is -1.41. The van der Waals surface area contributed by atoms with Crippen LogP contribution in [0.2, 0.25) is 0 Å². The second-order valence-corrected chi connectivity index (χ2v) is 9.03. The molecule has 0 aromatic heterocycles. The van der Waals surface area contributed by atoms with Crippen molar-refractivity contribution in [2.24, 2.45) is 5.41 Å². The fraction of sp³-hybridized carbons (Fsp3) is 0.714. The summed E-state index contributed by atoms with van der Waals surface area (Å²) >= 11 is 0. The molecule has 166 valence electrons. The lowest BCUT2D eigenvalue weighted by molar-refractivity contribution is -0.209. The molecule has 1 aliphatic heterocycles. The minimum Gasteiger partial charge on any atom is -0.435 e. The van der Waals surface area contributed by atoms with E-state index >= 15 is 0 Å². The predicted octanol–water partition coefficient (Wildman–Crippen LogP) is 5.68. The fourth-order valence-electron chi connectivity index (χ4n) is 3.90. The van der Waals surface area contributed by atoms with E-state index in [1.165, 1.54) is 26.0 Å². The van der Waals surface area contributed by atoms with Crippen LogP contribution in [0.5, 0.6) is 5.75 Å². The molecule has 1 heterocycles. The van der Waals surface area contributed by atoms with Crippen LogP contribution in [0.15, 0.2) is 24.3 Å². The third-order valence-electron chi connectivity index (χ3n) is 5.64. The molecule has 0 unspecified atom stereocenters. The molecule has 0 radical (unpaired) electrons. The highest BCUT2D eigenvalue weighted by Crippen LogP contribution is 2.44. The smallest absolute Gasteiger partial charge is 0.395 e. The molecule has 1 aliphatic rings. The van der Waals surface area contributed by atoms with Crippen LogP contribution in [0.3, 0.4) is 0 Å². The van der Waals surface area contributed by atoms with Gasteiger partial charge in [0.15, 0.2) is 0 Å². The summed E-state index contributed by atoms with van der Waals surface area (Å²) in [5.74, 6) is 0.0790. The van der Waals surface area contributed by atoms with Crippen LogP contribution in [0.4, 0.5) is 22.0 Å². The van der Waals surface area contributed by atoms with Gasteiger partial charge in [-0.3, -0.25) is 0 Å². The quantitative estimate of drug-likeness (QED) is 0.431. The standard InChI is InChI=1S/C21H30F5NO2/c1-18(2,21(24,25)26)14-27-11-9-20(10-12-28-19(3,4)13-20)15-5-7-16(8-6-15)29-17(22)23/h5-8,17,27H,9-14H2,1-4H3/t20-/m1/s1. The van der Waals surface area contributed by atoms with E-state index in [1.54, 1.807) is 12.1 Å². The number of benzene rings is 1. The Morgan fingerprint density at radius 3 is 2.28 bits per heavy atom. The molecule has 2 rings (SSSR count). The van der Waals surface area contributed by atoms with Crippen LogP contribution >= 0.6 is 0 Å². The van der Waals surface area contributed by atoms with Crippen molar-refractivity contribution >= 4 is 0 Å². The topological polar surface area (TPSA) is 30.5 Å². The van der Waals surface area contributed by atoms with Crippen molar-refractivity contribution in [2.45, 2.75) is 70.8 Å². The van der Waals surface area contributed by atoms with Crippen molar-refractivity contribution < 1.29 is 31.4 Å². The Morgan fingerprint density at radius 2 is 1.76 bits per heavy atom. The second kappa shape index (κ2) is 8.76. The van der Waals surface area contributed by atoms with Gasteiger partial charge < -0.3 is 14.8 Å². The predicted molar refractivity (Wildman–Crippen MR) is 101 cm³/mol. The first kappa shape index (κ1) is 23.9. The third-order valence-corrected chi connectivity index (χ3v) is 5.64. The molecule has 0 spiro atoms.